The van der Waals surface area contributed by atoms with Crippen molar-refractivity contribution in [3.8, 4) is 11.5 Å². The van der Waals surface area contributed by atoms with E-state index < -0.39 is 0 Å². The number of nitrogens with two attached hydrogens (primary N) is 1. The van der Waals surface area contributed by atoms with Crippen LogP contribution in [0.4, 0.5) is 0 Å². The highest BCUT2D eigenvalue weighted by Crippen LogP contribution is 2.32. The number of ether oxygens (including phenoxy) is 3. The van der Waals surface area contributed by atoms with E-state index in [0.29, 0.717) is 13.4 Å². The van der Waals surface area contributed by atoms with Crippen molar-refractivity contribution in [3.63, 3.8) is 0 Å². The number of benzene rings is 1. The van der Waals surface area contributed by atoms with E-state index in [2.05, 4.69) is 0 Å². The van der Waals surface area contributed by atoms with Crippen LogP contribution < -0.4 is 15.2 Å². The molecule has 1 aliphatic heterocycles. The molecule has 0 aromatic heterocycles. The quantitative estimate of drug-likeness (QED) is 0.702. The van der Waals surface area contributed by atoms with E-state index >= 15 is 0 Å². The zero-order valence-electron chi connectivity index (χ0n) is 7.16. The topological polar surface area (TPSA) is 53.7 Å². The molecule has 0 radical (unpaired) electrons. The molecule has 0 spiro atoms. The first-order chi connectivity index (χ1) is 6.40. The molecule has 1 aliphatic rings. The largest absolute Gasteiger partial charge is 0.454 e. The zero-order valence-corrected chi connectivity index (χ0v) is 7.16. The Balaban J connectivity index is 2.12. The molecule has 0 unspecified atom stereocenters. The summed E-state index contributed by atoms with van der Waals surface area (Å²) in [6.45, 7) is 1.04. The molecule has 2 N–H and O–H groups in total. The van der Waals surface area contributed by atoms with E-state index in [1.165, 1.54) is 0 Å². The Morgan fingerprint density at radius 3 is 3.00 bits per heavy atom. The van der Waals surface area contributed by atoms with Crippen molar-refractivity contribution in [1.29, 1.82) is 0 Å². The molecule has 4 nitrogen and oxygen atoms in total. The lowest BCUT2D eigenvalue weighted by molar-refractivity contribution is 0.127. The van der Waals surface area contributed by atoms with Gasteiger partial charge in [0.25, 0.3) is 0 Å². The minimum atomic E-state index is 0.231. The van der Waals surface area contributed by atoms with Crippen LogP contribution >= 0.6 is 0 Å². The van der Waals surface area contributed by atoms with Gasteiger partial charge < -0.3 is 19.9 Å². The molecule has 0 saturated carbocycles. The summed E-state index contributed by atoms with van der Waals surface area (Å²) in [6, 6.07) is 5.71. The van der Waals surface area contributed by atoms with Crippen molar-refractivity contribution in [3.05, 3.63) is 23.8 Å². The third-order valence-electron chi connectivity index (χ3n) is 1.82. The Hall–Kier alpha value is -1.26. The molecule has 0 aliphatic carbocycles. The van der Waals surface area contributed by atoms with Crippen LogP contribution in [0.5, 0.6) is 11.5 Å². The van der Waals surface area contributed by atoms with Crippen molar-refractivity contribution < 1.29 is 14.2 Å². The van der Waals surface area contributed by atoms with Gasteiger partial charge in [-0.25, -0.2) is 0 Å². The summed E-state index contributed by atoms with van der Waals surface area (Å²) in [7, 11) is 0. The van der Waals surface area contributed by atoms with Crippen LogP contribution in [0.1, 0.15) is 5.56 Å². The smallest absolute Gasteiger partial charge is 0.231 e. The highest BCUT2D eigenvalue weighted by Gasteiger charge is 2.12. The molecule has 2 rings (SSSR count). The number of hydrogen-bond donors (Lipinski definition) is 1. The first-order valence-corrected chi connectivity index (χ1v) is 4.06. The predicted octanol–water partition coefficient (Wildman–Crippen LogP) is 0.848. The van der Waals surface area contributed by atoms with Crippen LogP contribution in [0.2, 0.25) is 0 Å². The lowest BCUT2D eigenvalue weighted by Gasteiger charge is -2.02. The summed E-state index contributed by atoms with van der Waals surface area (Å²) in [4.78, 5) is 0. The van der Waals surface area contributed by atoms with Crippen molar-refractivity contribution >= 4 is 0 Å². The fraction of sp³-hybridized carbons (Fsp3) is 0.333. The minimum Gasteiger partial charge on any atom is -0.454 e. The monoisotopic (exact) mass is 181 g/mol. The van der Waals surface area contributed by atoms with Gasteiger partial charge in [0.15, 0.2) is 11.5 Å². The van der Waals surface area contributed by atoms with Crippen LogP contribution in [0.3, 0.4) is 0 Å². The van der Waals surface area contributed by atoms with Crippen LogP contribution in [0.25, 0.3) is 0 Å². The maximum atomic E-state index is 5.21. The first-order valence-electron chi connectivity index (χ1n) is 4.06. The summed E-state index contributed by atoms with van der Waals surface area (Å²) < 4.78 is 15.4. The second-order valence-corrected chi connectivity index (χ2v) is 2.70. The van der Waals surface area contributed by atoms with Gasteiger partial charge >= 0.3 is 0 Å². The zero-order chi connectivity index (χ0) is 9.10. The van der Waals surface area contributed by atoms with E-state index in [-0.39, 0.29) is 6.73 Å². The van der Waals surface area contributed by atoms with E-state index in [4.69, 9.17) is 19.9 Å². The van der Waals surface area contributed by atoms with Gasteiger partial charge in [-0.15, -0.1) is 0 Å². The van der Waals surface area contributed by atoms with Crippen LogP contribution in [-0.4, -0.2) is 13.5 Å². The molecule has 1 aromatic carbocycles. The van der Waals surface area contributed by atoms with Gasteiger partial charge in [0.2, 0.25) is 6.79 Å². The second kappa shape index (κ2) is 3.64. The molecule has 1 aromatic rings. The van der Waals surface area contributed by atoms with Gasteiger partial charge in [-0.2, -0.15) is 0 Å². The third kappa shape index (κ3) is 1.74. The highest BCUT2D eigenvalue weighted by atomic mass is 16.7. The van der Waals surface area contributed by atoms with Gasteiger partial charge in [0, 0.05) is 0 Å². The van der Waals surface area contributed by atoms with Crippen LogP contribution in [0, 0.1) is 0 Å². The number of hydrogen-bond acceptors (Lipinski definition) is 4. The fourth-order valence-electron chi connectivity index (χ4n) is 1.21. The summed E-state index contributed by atoms with van der Waals surface area (Å²) >= 11 is 0. The Labute approximate surface area is 76.2 Å². The SMILES string of the molecule is NCOCc1ccc2c(c1)OCO2. The van der Waals surface area contributed by atoms with E-state index in [0.717, 1.165) is 17.1 Å². The van der Waals surface area contributed by atoms with Gasteiger partial charge in [-0.1, -0.05) is 6.07 Å². The van der Waals surface area contributed by atoms with Crippen LogP contribution in [-0.2, 0) is 11.3 Å². The highest BCUT2D eigenvalue weighted by molar-refractivity contribution is 5.44. The molecule has 13 heavy (non-hydrogen) atoms. The van der Waals surface area contributed by atoms with Crippen molar-refractivity contribution in [2.24, 2.45) is 5.73 Å². The van der Waals surface area contributed by atoms with Crippen molar-refractivity contribution in [1.82, 2.24) is 0 Å². The van der Waals surface area contributed by atoms with Crippen molar-refractivity contribution in [2.45, 2.75) is 6.61 Å². The third-order valence-corrected chi connectivity index (χ3v) is 1.82. The molecule has 0 bridgehead atoms. The Kier molecular flexibility index (Phi) is 2.33. The van der Waals surface area contributed by atoms with Gasteiger partial charge in [-0.3, -0.25) is 0 Å². The number of fused-ring (bicyclic) bond motifs is 1. The molecule has 0 fully saturated rings. The Morgan fingerprint density at radius 1 is 1.31 bits per heavy atom. The molecule has 0 atom stereocenters. The first kappa shape index (κ1) is 8.34. The Bertz CT molecular complexity index is 301. The van der Waals surface area contributed by atoms with Gasteiger partial charge in [-0.05, 0) is 17.7 Å². The minimum absolute atomic E-state index is 0.231. The standard InChI is InChI=1S/C9H11NO3/c10-5-11-4-7-1-2-8-9(3-7)13-6-12-8/h1-3H,4-6,10H2. The average Bonchev–Trinajstić information content (AvgIpc) is 2.61. The van der Waals surface area contributed by atoms with E-state index in [9.17, 15) is 0 Å². The maximum absolute atomic E-state index is 5.21. The van der Waals surface area contributed by atoms with E-state index in [1.807, 2.05) is 18.2 Å². The molecular formula is C9H11NO3. The summed E-state index contributed by atoms with van der Waals surface area (Å²) in [5.74, 6) is 1.56. The van der Waals surface area contributed by atoms with E-state index in [1.54, 1.807) is 0 Å². The van der Waals surface area contributed by atoms with Crippen LogP contribution in [0.15, 0.2) is 18.2 Å². The Morgan fingerprint density at radius 2 is 2.15 bits per heavy atom. The summed E-state index contributed by atoms with van der Waals surface area (Å²) in [5, 5.41) is 0. The summed E-state index contributed by atoms with van der Waals surface area (Å²) in [6.07, 6.45) is 0. The van der Waals surface area contributed by atoms with Gasteiger partial charge in [0.05, 0.1) is 13.3 Å². The molecular weight excluding hydrogens is 170 g/mol. The molecule has 70 valence electrons. The van der Waals surface area contributed by atoms with Gasteiger partial charge in [0.1, 0.15) is 0 Å². The second-order valence-electron chi connectivity index (χ2n) is 2.70. The average molecular weight is 181 g/mol. The molecule has 4 heteroatoms. The maximum Gasteiger partial charge on any atom is 0.231 e. The lowest BCUT2D eigenvalue weighted by Crippen LogP contribution is -2.04. The lowest BCUT2D eigenvalue weighted by atomic mass is 10.2. The normalized spacial score (nSPS) is 13.3. The number of rotatable bonds is 3. The molecule has 0 saturated heterocycles. The molecule has 1 heterocycles. The van der Waals surface area contributed by atoms with Crippen molar-refractivity contribution in [2.75, 3.05) is 13.5 Å². The fourth-order valence-corrected chi connectivity index (χ4v) is 1.21. The molecule has 0 amide bonds. The summed E-state index contributed by atoms with van der Waals surface area (Å²) in [5.41, 5.74) is 6.25. The predicted molar refractivity (Wildman–Crippen MR) is 46.4 cm³/mol.